The lowest BCUT2D eigenvalue weighted by atomic mass is 9.68. The minimum atomic E-state index is 0.267. The van der Waals surface area contributed by atoms with Crippen LogP contribution in [0.2, 0.25) is 0 Å². The Kier molecular flexibility index (Phi) is 4.82. The summed E-state index contributed by atoms with van der Waals surface area (Å²) in [4.78, 5) is 18.6. The van der Waals surface area contributed by atoms with Crippen LogP contribution in [0.4, 0.5) is 0 Å². The SMILES string of the molecule is COc1ccc2c(ccn2CC(=O)N2CCCC3=C[C@H]4C[C@@H](CN5CCCC[C@H]45)[C@@H]32)c1. The summed E-state index contributed by atoms with van der Waals surface area (Å²) in [5.74, 6) is 2.44. The van der Waals surface area contributed by atoms with Crippen LogP contribution in [0.5, 0.6) is 5.75 Å². The van der Waals surface area contributed by atoms with Crippen LogP contribution in [0.3, 0.4) is 0 Å². The molecule has 4 atom stereocenters. The normalized spacial score (nSPS) is 30.5. The Morgan fingerprint density at radius 2 is 2.10 bits per heavy atom. The molecule has 1 aromatic heterocycles. The van der Waals surface area contributed by atoms with Crippen molar-refractivity contribution in [1.29, 1.82) is 0 Å². The third-order valence-corrected chi connectivity index (χ3v) is 8.26. The van der Waals surface area contributed by atoms with Crippen LogP contribution in [0, 0.1) is 11.8 Å². The van der Waals surface area contributed by atoms with Gasteiger partial charge in [-0.25, -0.2) is 0 Å². The summed E-state index contributed by atoms with van der Waals surface area (Å²) in [5, 5.41) is 1.12. The van der Waals surface area contributed by atoms with E-state index in [1.54, 1.807) is 12.7 Å². The monoisotopic (exact) mass is 419 g/mol. The minimum Gasteiger partial charge on any atom is -0.497 e. The second-order valence-corrected chi connectivity index (χ2v) is 9.96. The molecule has 3 aliphatic heterocycles. The van der Waals surface area contributed by atoms with Gasteiger partial charge in [0, 0.05) is 36.2 Å². The van der Waals surface area contributed by atoms with E-state index >= 15 is 0 Å². The number of hydrogen-bond acceptors (Lipinski definition) is 3. The molecule has 0 N–H and O–H groups in total. The van der Waals surface area contributed by atoms with E-state index < -0.39 is 0 Å². The zero-order valence-electron chi connectivity index (χ0n) is 18.5. The molecule has 1 aromatic carbocycles. The molecule has 1 amide bonds. The van der Waals surface area contributed by atoms with Crippen LogP contribution in [0.25, 0.3) is 10.9 Å². The van der Waals surface area contributed by atoms with Gasteiger partial charge >= 0.3 is 0 Å². The molecule has 0 spiro atoms. The van der Waals surface area contributed by atoms with Crippen molar-refractivity contribution in [2.75, 3.05) is 26.7 Å². The van der Waals surface area contributed by atoms with Gasteiger partial charge in [-0.2, -0.15) is 0 Å². The number of nitrogens with zero attached hydrogens (tertiary/aromatic N) is 3. The highest BCUT2D eigenvalue weighted by Gasteiger charge is 2.46. The lowest BCUT2D eigenvalue weighted by Gasteiger charge is -2.54. The summed E-state index contributed by atoms with van der Waals surface area (Å²) >= 11 is 0. The smallest absolute Gasteiger partial charge is 0.243 e. The van der Waals surface area contributed by atoms with Gasteiger partial charge in [-0.05, 0) is 74.8 Å². The molecule has 5 heteroatoms. The number of carbonyl (C=O) groups is 1. The van der Waals surface area contributed by atoms with Crippen molar-refractivity contribution in [1.82, 2.24) is 14.4 Å². The molecule has 3 saturated heterocycles. The van der Waals surface area contributed by atoms with E-state index in [9.17, 15) is 4.79 Å². The highest BCUT2D eigenvalue weighted by Crippen LogP contribution is 2.45. The number of likely N-dealkylation sites (tertiary alicyclic amines) is 1. The molecular formula is C26H33N3O2. The Bertz CT molecular complexity index is 1020. The quantitative estimate of drug-likeness (QED) is 0.704. The van der Waals surface area contributed by atoms with E-state index in [4.69, 9.17) is 4.74 Å². The first kappa shape index (κ1) is 19.4. The zero-order chi connectivity index (χ0) is 20.9. The lowest BCUT2D eigenvalue weighted by Crippen LogP contribution is -2.60. The molecule has 0 radical (unpaired) electrons. The zero-order valence-corrected chi connectivity index (χ0v) is 18.5. The molecule has 2 aromatic rings. The molecular weight excluding hydrogens is 386 g/mol. The first-order chi connectivity index (χ1) is 15.2. The van der Waals surface area contributed by atoms with Gasteiger partial charge in [0.25, 0.3) is 0 Å². The summed E-state index contributed by atoms with van der Waals surface area (Å²) in [6.07, 6.45) is 12.3. The van der Waals surface area contributed by atoms with Gasteiger partial charge in [0.2, 0.25) is 5.91 Å². The van der Waals surface area contributed by atoms with Gasteiger partial charge in [-0.1, -0.05) is 18.1 Å². The van der Waals surface area contributed by atoms with Crippen LogP contribution >= 0.6 is 0 Å². The third-order valence-electron chi connectivity index (χ3n) is 8.26. The molecule has 0 saturated carbocycles. The van der Waals surface area contributed by atoms with Crippen LogP contribution < -0.4 is 4.74 Å². The maximum Gasteiger partial charge on any atom is 0.243 e. The lowest BCUT2D eigenvalue weighted by molar-refractivity contribution is -0.136. The molecule has 6 rings (SSSR count). The van der Waals surface area contributed by atoms with Crippen molar-refractivity contribution in [2.24, 2.45) is 11.8 Å². The standard InChI is InChI=1S/C26H33N3O2/c1-31-22-7-8-24-18(15-22)9-12-28(24)17-25(30)29-11-4-5-19-13-20-14-21(26(19)29)16-27-10-3-2-6-23(20)27/h7-9,12-13,15,20-21,23,26H,2-6,10-11,14,16-17H2,1H3/t20-,21-,23+,26+/m0/s1. The Morgan fingerprint density at radius 3 is 3.00 bits per heavy atom. The van der Waals surface area contributed by atoms with Crippen molar-refractivity contribution in [2.45, 2.75) is 57.2 Å². The maximum absolute atomic E-state index is 13.6. The van der Waals surface area contributed by atoms with Crippen LogP contribution in [0.15, 0.2) is 42.1 Å². The van der Waals surface area contributed by atoms with Gasteiger partial charge in [-0.15, -0.1) is 0 Å². The van der Waals surface area contributed by atoms with Crippen molar-refractivity contribution in [3.8, 4) is 5.75 Å². The summed E-state index contributed by atoms with van der Waals surface area (Å²) in [6.45, 7) is 3.75. The summed E-state index contributed by atoms with van der Waals surface area (Å²) in [6, 6.07) is 9.23. The number of rotatable bonds is 3. The number of fused-ring (bicyclic) bond motifs is 7. The second kappa shape index (κ2) is 7.70. The van der Waals surface area contributed by atoms with Crippen LogP contribution in [-0.4, -0.2) is 59.1 Å². The van der Waals surface area contributed by atoms with Crippen molar-refractivity contribution >= 4 is 16.8 Å². The van der Waals surface area contributed by atoms with Gasteiger partial charge in [0.15, 0.2) is 0 Å². The van der Waals surface area contributed by atoms with Crippen molar-refractivity contribution in [3.05, 3.63) is 42.1 Å². The van der Waals surface area contributed by atoms with Crippen molar-refractivity contribution < 1.29 is 9.53 Å². The Morgan fingerprint density at radius 1 is 1.16 bits per heavy atom. The molecule has 1 aliphatic carbocycles. The average Bonchev–Trinajstić information content (AvgIpc) is 3.20. The van der Waals surface area contributed by atoms with Crippen LogP contribution in [0.1, 0.15) is 38.5 Å². The molecule has 4 heterocycles. The van der Waals surface area contributed by atoms with Crippen LogP contribution in [-0.2, 0) is 11.3 Å². The van der Waals surface area contributed by atoms with Gasteiger partial charge in [0.1, 0.15) is 12.3 Å². The summed E-state index contributed by atoms with van der Waals surface area (Å²) in [7, 11) is 1.69. The minimum absolute atomic E-state index is 0.267. The van der Waals surface area contributed by atoms with Gasteiger partial charge in [-0.3, -0.25) is 9.69 Å². The Balaban J connectivity index is 1.25. The summed E-state index contributed by atoms with van der Waals surface area (Å²) in [5.41, 5.74) is 2.66. The fraction of sp³-hybridized carbons (Fsp3) is 0.577. The van der Waals surface area contributed by atoms with Gasteiger partial charge < -0.3 is 14.2 Å². The first-order valence-corrected chi connectivity index (χ1v) is 12.1. The van der Waals surface area contributed by atoms with Crippen molar-refractivity contribution in [3.63, 3.8) is 0 Å². The van der Waals surface area contributed by atoms with E-state index in [2.05, 4.69) is 32.6 Å². The summed E-state index contributed by atoms with van der Waals surface area (Å²) < 4.78 is 7.45. The number of piperidine rings is 3. The van der Waals surface area contributed by atoms with E-state index in [-0.39, 0.29) is 5.91 Å². The van der Waals surface area contributed by atoms with E-state index in [1.165, 1.54) is 45.2 Å². The number of amides is 1. The number of carbonyl (C=O) groups excluding carboxylic acids is 1. The predicted octanol–water partition coefficient (Wildman–Crippen LogP) is 4.07. The van der Waals surface area contributed by atoms with E-state index in [1.807, 2.05) is 18.3 Å². The Hall–Kier alpha value is -2.27. The molecule has 0 unspecified atom stereocenters. The van der Waals surface area contributed by atoms with E-state index in [0.717, 1.165) is 35.7 Å². The number of benzene rings is 1. The third kappa shape index (κ3) is 3.29. The fourth-order valence-corrected chi connectivity index (χ4v) is 6.93. The number of aromatic nitrogens is 1. The number of hydrogen-bond donors (Lipinski definition) is 0. The molecule has 164 valence electrons. The van der Waals surface area contributed by atoms with Gasteiger partial charge in [0.05, 0.1) is 13.2 Å². The Labute approximate surface area is 184 Å². The highest BCUT2D eigenvalue weighted by atomic mass is 16.5. The fourth-order valence-electron chi connectivity index (χ4n) is 6.93. The largest absolute Gasteiger partial charge is 0.497 e. The van der Waals surface area contributed by atoms with E-state index in [0.29, 0.717) is 24.4 Å². The molecule has 3 fully saturated rings. The number of ether oxygens (including phenoxy) is 1. The highest BCUT2D eigenvalue weighted by molar-refractivity contribution is 5.84. The number of methoxy groups -OCH3 is 1. The average molecular weight is 420 g/mol. The first-order valence-electron chi connectivity index (χ1n) is 12.1. The molecule has 2 bridgehead atoms. The maximum atomic E-state index is 13.6. The topological polar surface area (TPSA) is 37.7 Å². The molecule has 31 heavy (non-hydrogen) atoms. The molecule has 5 nitrogen and oxygen atoms in total. The predicted molar refractivity (Wildman–Crippen MR) is 122 cm³/mol. The second-order valence-electron chi connectivity index (χ2n) is 9.96. The molecule has 4 aliphatic rings.